The van der Waals surface area contributed by atoms with Crippen molar-refractivity contribution in [3.05, 3.63) is 77.5 Å². The van der Waals surface area contributed by atoms with Crippen LogP contribution in [0.15, 0.2) is 76.8 Å². The first-order valence-corrected chi connectivity index (χ1v) is 11.0. The Kier molecular flexibility index (Phi) is 6.41. The Morgan fingerprint density at radius 2 is 1.60 bits per heavy atom. The van der Waals surface area contributed by atoms with Gasteiger partial charge in [-0.15, -0.1) is 11.8 Å². The number of thioether (sulfide) groups is 1. The van der Waals surface area contributed by atoms with Crippen LogP contribution in [0.4, 0.5) is 0 Å². The van der Waals surface area contributed by atoms with Crippen LogP contribution in [-0.2, 0) is 20.9 Å². The highest BCUT2D eigenvalue weighted by molar-refractivity contribution is 8.01. The molecule has 0 saturated heterocycles. The average molecular weight is 424 g/mol. The van der Waals surface area contributed by atoms with Crippen LogP contribution >= 0.6 is 11.8 Å². The molecule has 4 nitrogen and oxygen atoms in total. The highest BCUT2D eigenvalue weighted by Gasteiger charge is 2.61. The summed E-state index contributed by atoms with van der Waals surface area (Å²) in [5, 5.41) is 0. The molecule has 30 heavy (non-hydrogen) atoms. The molecule has 0 radical (unpaired) electrons. The van der Waals surface area contributed by atoms with Crippen molar-refractivity contribution in [1.82, 2.24) is 4.90 Å². The average Bonchev–Trinajstić information content (AvgIpc) is 2.92. The largest absolute Gasteiger partial charge is 0.463 e. The number of ether oxygens (including phenoxy) is 1. The minimum absolute atomic E-state index is 0.0757. The van der Waals surface area contributed by atoms with E-state index in [0.29, 0.717) is 17.8 Å². The number of carbonyl (C=O) groups excluding carboxylic acids is 2. The number of nitrogens with zero attached hydrogens (tertiary/aromatic N) is 1. The van der Waals surface area contributed by atoms with Crippen molar-refractivity contribution in [2.45, 2.75) is 50.8 Å². The van der Waals surface area contributed by atoms with Gasteiger partial charge in [0.25, 0.3) is 0 Å². The van der Waals surface area contributed by atoms with E-state index in [9.17, 15) is 9.59 Å². The second-order valence-corrected chi connectivity index (χ2v) is 9.69. The summed E-state index contributed by atoms with van der Waals surface area (Å²) in [5.74, 6) is -0.495. The van der Waals surface area contributed by atoms with Crippen LogP contribution in [0.1, 0.15) is 40.2 Å². The standard InChI is InChI=1S/C25H29NO3S/c1-6-29-22(27)21-18(2)26(17-19-13-9-7-10-14-19)23(28)25(21,24(3,4)5)30-20-15-11-8-12-16-20/h7-16H,6,17H2,1-5H3/t25-/m0/s1. The normalized spacial score (nSPS) is 19.4. The number of carbonyl (C=O) groups is 2. The fourth-order valence-electron chi connectivity index (χ4n) is 3.90. The predicted octanol–water partition coefficient (Wildman–Crippen LogP) is 5.44. The molecule has 0 aromatic heterocycles. The van der Waals surface area contributed by atoms with Crippen molar-refractivity contribution in [2.24, 2.45) is 5.41 Å². The minimum Gasteiger partial charge on any atom is -0.463 e. The maximum Gasteiger partial charge on any atom is 0.337 e. The van der Waals surface area contributed by atoms with Crippen molar-refractivity contribution in [3.8, 4) is 0 Å². The third-order valence-electron chi connectivity index (χ3n) is 5.40. The van der Waals surface area contributed by atoms with Crippen LogP contribution in [0.5, 0.6) is 0 Å². The van der Waals surface area contributed by atoms with E-state index < -0.39 is 16.1 Å². The first kappa shape index (κ1) is 22.2. The molecule has 2 aromatic rings. The molecular formula is C25H29NO3S. The number of hydrogen-bond donors (Lipinski definition) is 0. The van der Waals surface area contributed by atoms with Crippen LogP contribution in [-0.4, -0.2) is 28.1 Å². The monoisotopic (exact) mass is 423 g/mol. The molecule has 3 rings (SSSR count). The van der Waals surface area contributed by atoms with Crippen LogP contribution in [0.2, 0.25) is 0 Å². The Bertz CT molecular complexity index is 947. The van der Waals surface area contributed by atoms with Gasteiger partial charge in [0.05, 0.1) is 18.7 Å². The van der Waals surface area contributed by atoms with Gasteiger partial charge in [0.2, 0.25) is 5.91 Å². The number of rotatable bonds is 6. The zero-order chi connectivity index (χ0) is 21.9. The van der Waals surface area contributed by atoms with Crippen LogP contribution in [0.25, 0.3) is 0 Å². The second-order valence-electron chi connectivity index (χ2n) is 8.40. The zero-order valence-corrected chi connectivity index (χ0v) is 19.1. The van der Waals surface area contributed by atoms with E-state index in [1.807, 2.05) is 88.4 Å². The van der Waals surface area contributed by atoms with Crippen molar-refractivity contribution >= 4 is 23.6 Å². The van der Waals surface area contributed by atoms with Gasteiger partial charge in [0.1, 0.15) is 4.75 Å². The molecule has 158 valence electrons. The van der Waals surface area contributed by atoms with Gasteiger partial charge in [-0.3, -0.25) is 4.79 Å². The summed E-state index contributed by atoms with van der Waals surface area (Å²) >= 11 is 1.44. The summed E-state index contributed by atoms with van der Waals surface area (Å²) in [6, 6.07) is 19.6. The van der Waals surface area contributed by atoms with E-state index in [0.717, 1.165) is 10.5 Å². The number of amides is 1. The molecule has 0 N–H and O–H groups in total. The molecule has 1 aliphatic rings. The van der Waals surface area contributed by atoms with Gasteiger partial charge in [0.15, 0.2) is 0 Å². The molecular weight excluding hydrogens is 394 g/mol. The van der Waals surface area contributed by atoms with Gasteiger partial charge in [-0.25, -0.2) is 4.79 Å². The lowest BCUT2D eigenvalue weighted by Gasteiger charge is -2.41. The van der Waals surface area contributed by atoms with Crippen LogP contribution in [0, 0.1) is 5.41 Å². The van der Waals surface area contributed by atoms with Gasteiger partial charge < -0.3 is 9.64 Å². The summed E-state index contributed by atoms with van der Waals surface area (Å²) in [5.41, 5.74) is 1.61. The molecule has 0 bridgehead atoms. The SMILES string of the molecule is CCOC(=O)C1=C(C)N(Cc2ccccc2)C(=O)[C@]1(Sc1ccccc1)C(C)(C)C. The van der Waals surface area contributed by atoms with Gasteiger partial charge in [-0.1, -0.05) is 69.3 Å². The fourth-order valence-corrected chi connectivity index (χ4v) is 5.38. The Balaban J connectivity index is 2.17. The molecule has 0 unspecified atom stereocenters. The highest BCUT2D eigenvalue weighted by atomic mass is 32.2. The molecule has 0 spiro atoms. The minimum atomic E-state index is -1.08. The molecule has 0 aliphatic carbocycles. The van der Waals surface area contributed by atoms with Crippen molar-refractivity contribution in [1.29, 1.82) is 0 Å². The van der Waals surface area contributed by atoms with Gasteiger partial charge in [-0.05, 0) is 37.0 Å². The third-order valence-corrected chi connectivity index (χ3v) is 7.20. The van der Waals surface area contributed by atoms with E-state index in [1.165, 1.54) is 11.8 Å². The van der Waals surface area contributed by atoms with Crippen molar-refractivity contribution in [3.63, 3.8) is 0 Å². The molecule has 1 heterocycles. The smallest absolute Gasteiger partial charge is 0.337 e. The Labute approximate surface area is 183 Å². The lowest BCUT2D eigenvalue weighted by molar-refractivity contribution is -0.141. The summed E-state index contributed by atoms with van der Waals surface area (Å²) in [6.07, 6.45) is 0. The number of benzene rings is 2. The van der Waals surface area contributed by atoms with Gasteiger partial charge in [0, 0.05) is 10.6 Å². The van der Waals surface area contributed by atoms with Crippen LogP contribution in [0.3, 0.4) is 0 Å². The molecule has 0 fully saturated rings. The summed E-state index contributed by atoms with van der Waals surface area (Å²) in [6.45, 7) is 10.4. The fraction of sp³-hybridized carbons (Fsp3) is 0.360. The summed E-state index contributed by atoms with van der Waals surface area (Å²) in [7, 11) is 0. The maximum atomic E-state index is 14.1. The van der Waals surface area contributed by atoms with Crippen molar-refractivity contribution in [2.75, 3.05) is 6.61 Å². The summed E-state index contributed by atoms with van der Waals surface area (Å²) in [4.78, 5) is 29.9. The first-order valence-electron chi connectivity index (χ1n) is 10.2. The second kappa shape index (κ2) is 8.68. The lowest BCUT2D eigenvalue weighted by Crippen LogP contribution is -2.51. The Morgan fingerprint density at radius 1 is 1.03 bits per heavy atom. The van der Waals surface area contributed by atoms with Gasteiger partial charge in [-0.2, -0.15) is 0 Å². The molecule has 1 atom stereocenters. The predicted molar refractivity (Wildman–Crippen MR) is 121 cm³/mol. The molecule has 5 heteroatoms. The van der Waals surface area contributed by atoms with E-state index >= 15 is 0 Å². The highest BCUT2D eigenvalue weighted by Crippen LogP contribution is 2.56. The van der Waals surface area contributed by atoms with E-state index in [1.54, 1.807) is 11.8 Å². The van der Waals surface area contributed by atoms with E-state index in [2.05, 4.69) is 0 Å². The Morgan fingerprint density at radius 3 is 2.13 bits per heavy atom. The third kappa shape index (κ3) is 3.91. The molecule has 2 aromatic carbocycles. The quantitative estimate of drug-likeness (QED) is 0.580. The van der Waals surface area contributed by atoms with Crippen LogP contribution < -0.4 is 0 Å². The molecule has 0 saturated carbocycles. The topological polar surface area (TPSA) is 46.6 Å². The van der Waals surface area contributed by atoms with Gasteiger partial charge >= 0.3 is 5.97 Å². The number of esters is 1. The Hall–Kier alpha value is -2.53. The van der Waals surface area contributed by atoms with E-state index in [-0.39, 0.29) is 12.5 Å². The molecule has 1 aliphatic heterocycles. The maximum absolute atomic E-state index is 14.1. The zero-order valence-electron chi connectivity index (χ0n) is 18.3. The first-order chi connectivity index (χ1) is 14.2. The number of allylic oxidation sites excluding steroid dienone is 1. The summed E-state index contributed by atoms with van der Waals surface area (Å²) < 4.78 is 4.36. The molecule has 1 amide bonds. The number of hydrogen-bond acceptors (Lipinski definition) is 4. The van der Waals surface area contributed by atoms with E-state index in [4.69, 9.17) is 4.74 Å². The lowest BCUT2D eigenvalue weighted by atomic mass is 9.75. The van der Waals surface area contributed by atoms with Crippen molar-refractivity contribution < 1.29 is 14.3 Å².